The molecule has 0 aliphatic carbocycles. The van der Waals surface area contributed by atoms with Crippen LogP contribution in [0.15, 0.2) is 6.20 Å². The number of fused-ring (bicyclic) bond motifs is 1. The minimum Gasteiger partial charge on any atom is -0.471 e. The molecule has 3 heteroatoms. The second-order valence-electron chi connectivity index (χ2n) is 3.56. The van der Waals surface area contributed by atoms with Gasteiger partial charge in [0.1, 0.15) is 11.8 Å². The van der Waals surface area contributed by atoms with E-state index in [0.29, 0.717) is 0 Å². The summed E-state index contributed by atoms with van der Waals surface area (Å²) in [5, 5.41) is 3.33. The Morgan fingerprint density at radius 1 is 1.54 bits per heavy atom. The van der Waals surface area contributed by atoms with Gasteiger partial charge in [0.15, 0.2) is 0 Å². The molecule has 70 valence electrons. The standard InChI is InChI=1S/C10H14N2O/c1-6-4-12-10-9(8(6)3)11-5-7(2)13-10/h4,7,11H,5H2,1-3H3. The van der Waals surface area contributed by atoms with Gasteiger partial charge in [-0.05, 0) is 31.9 Å². The Morgan fingerprint density at radius 3 is 3.08 bits per heavy atom. The first-order valence-corrected chi connectivity index (χ1v) is 4.55. The van der Waals surface area contributed by atoms with Crippen molar-refractivity contribution in [2.45, 2.75) is 26.9 Å². The lowest BCUT2D eigenvalue weighted by molar-refractivity contribution is 0.216. The SMILES string of the molecule is Cc1cnc2c(c1C)NCC(C)O2. The van der Waals surface area contributed by atoms with Gasteiger partial charge < -0.3 is 10.1 Å². The van der Waals surface area contributed by atoms with Gasteiger partial charge in [-0.2, -0.15) is 0 Å². The maximum Gasteiger partial charge on any atom is 0.237 e. The molecule has 2 rings (SSSR count). The third kappa shape index (κ3) is 1.34. The summed E-state index contributed by atoms with van der Waals surface area (Å²) in [5.41, 5.74) is 3.49. The number of nitrogens with one attached hydrogen (secondary N) is 1. The number of aryl methyl sites for hydroxylation is 1. The highest BCUT2D eigenvalue weighted by Crippen LogP contribution is 2.31. The number of ether oxygens (including phenoxy) is 1. The lowest BCUT2D eigenvalue weighted by atomic mass is 10.1. The van der Waals surface area contributed by atoms with Crippen molar-refractivity contribution in [2.24, 2.45) is 0 Å². The molecular formula is C10H14N2O. The zero-order valence-electron chi connectivity index (χ0n) is 8.22. The normalized spacial score (nSPS) is 20.1. The minimum atomic E-state index is 0.210. The molecule has 1 aromatic heterocycles. The van der Waals surface area contributed by atoms with Crippen molar-refractivity contribution in [2.75, 3.05) is 11.9 Å². The number of nitrogens with zero attached hydrogens (tertiary/aromatic N) is 1. The Balaban J connectivity index is 2.47. The molecule has 0 aromatic carbocycles. The van der Waals surface area contributed by atoms with Crippen LogP contribution in [0.2, 0.25) is 0 Å². The van der Waals surface area contributed by atoms with E-state index >= 15 is 0 Å². The molecule has 0 saturated heterocycles. The third-order valence-electron chi connectivity index (χ3n) is 2.43. The molecule has 13 heavy (non-hydrogen) atoms. The first kappa shape index (κ1) is 8.35. The van der Waals surface area contributed by atoms with Crippen molar-refractivity contribution in [3.8, 4) is 5.88 Å². The van der Waals surface area contributed by atoms with Crippen LogP contribution in [-0.2, 0) is 0 Å². The first-order valence-electron chi connectivity index (χ1n) is 4.55. The second kappa shape index (κ2) is 2.91. The summed E-state index contributed by atoms with van der Waals surface area (Å²) in [7, 11) is 0. The van der Waals surface area contributed by atoms with Gasteiger partial charge in [-0.15, -0.1) is 0 Å². The fraction of sp³-hybridized carbons (Fsp3) is 0.500. The molecule has 1 unspecified atom stereocenters. The van der Waals surface area contributed by atoms with Crippen LogP contribution in [0.25, 0.3) is 0 Å². The molecule has 1 N–H and O–H groups in total. The Labute approximate surface area is 78.1 Å². The van der Waals surface area contributed by atoms with Crippen molar-refractivity contribution < 1.29 is 4.74 Å². The van der Waals surface area contributed by atoms with Crippen LogP contribution in [0.5, 0.6) is 5.88 Å². The zero-order chi connectivity index (χ0) is 9.42. The number of hydrogen-bond acceptors (Lipinski definition) is 3. The quantitative estimate of drug-likeness (QED) is 0.658. The molecular weight excluding hydrogens is 164 g/mol. The zero-order valence-corrected chi connectivity index (χ0v) is 8.22. The first-order chi connectivity index (χ1) is 6.18. The molecule has 2 heterocycles. The summed E-state index contributed by atoms with van der Waals surface area (Å²) in [6, 6.07) is 0. The number of rotatable bonds is 0. The van der Waals surface area contributed by atoms with Gasteiger partial charge in [-0.25, -0.2) is 4.98 Å². The summed E-state index contributed by atoms with van der Waals surface area (Å²) >= 11 is 0. The van der Waals surface area contributed by atoms with E-state index in [-0.39, 0.29) is 6.10 Å². The van der Waals surface area contributed by atoms with Crippen molar-refractivity contribution in [1.82, 2.24) is 4.98 Å². The number of aromatic nitrogens is 1. The Morgan fingerprint density at radius 2 is 2.31 bits per heavy atom. The largest absolute Gasteiger partial charge is 0.471 e. The van der Waals surface area contributed by atoms with E-state index in [2.05, 4.69) is 24.1 Å². The van der Waals surface area contributed by atoms with E-state index in [1.165, 1.54) is 11.1 Å². The summed E-state index contributed by atoms with van der Waals surface area (Å²) in [4.78, 5) is 4.25. The van der Waals surface area contributed by atoms with Crippen molar-refractivity contribution in [1.29, 1.82) is 0 Å². The van der Waals surface area contributed by atoms with Gasteiger partial charge in [0.05, 0.1) is 6.54 Å². The monoisotopic (exact) mass is 178 g/mol. The maximum absolute atomic E-state index is 5.59. The summed E-state index contributed by atoms with van der Waals surface area (Å²) in [6.07, 6.45) is 2.07. The predicted molar refractivity (Wildman–Crippen MR) is 52.3 cm³/mol. The molecule has 0 spiro atoms. The summed E-state index contributed by atoms with van der Waals surface area (Å²) in [6.45, 7) is 7.04. The van der Waals surface area contributed by atoms with Crippen molar-refractivity contribution >= 4 is 5.69 Å². The molecule has 0 radical (unpaired) electrons. The van der Waals surface area contributed by atoms with Crippen molar-refractivity contribution in [3.05, 3.63) is 17.3 Å². The highest BCUT2D eigenvalue weighted by atomic mass is 16.5. The average Bonchev–Trinajstić information content (AvgIpc) is 2.12. The predicted octanol–water partition coefficient (Wildman–Crippen LogP) is 1.89. The van der Waals surface area contributed by atoms with Crippen LogP contribution in [0, 0.1) is 13.8 Å². The van der Waals surface area contributed by atoms with Crippen LogP contribution >= 0.6 is 0 Å². The van der Waals surface area contributed by atoms with E-state index in [1.54, 1.807) is 0 Å². The van der Waals surface area contributed by atoms with E-state index in [4.69, 9.17) is 4.74 Å². The molecule has 0 bridgehead atoms. The van der Waals surface area contributed by atoms with Crippen molar-refractivity contribution in [3.63, 3.8) is 0 Å². The lowest BCUT2D eigenvalue weighted by Crippen LogP contribution is -2.28. The maximum atomic E-state index is 5.59. The van der Waals surface area contributed by atoms with Crippen LogP contribution in [0.4, 0.5) is 5.69 Å². The topological polar surface area (TPSA) is 34.2 Å². The van der Waals surface area contributed by atoms with Crippen LogP contribution in [-0.4, -0.2) is 17.6 Å². The highest BCUT2D eigenvalue weighted by Gasteiger charge is 2.18. The molecule has 0 saturated carbocycles. The fourth-order valence-corrected chi connectivity index (χ4v) is 1.45. The smallest absolute Gasteiger partial charge is 0.237 e. The molecule has 1 aromatic rings. The molecule has 0 amide bonds. The van der Waals surface area contributed by atoms with E-state index in [1.807, 2.05) is 13.1 Å². The van der Waals surface area contributed by atoms with Gasteiger partial charge in [0.2, 0.25) is 5.88 Å². The Bertz CT molecular complexity index is 336. The van der Waals surface area contributed by atoms with E-state index < -0.39 is 0 Å². The molecule has 1 atom stereocenters. The number of pyridine rings is 1. The van der Waals surface area contributed by atoms with E-state index in [9.17, 15) is 0 Å². The van der Waals surface area contributed by atoms with Gasteiger partial charge in [0.25, 0.3) is 0 Å². The fourth-order valence-electron chi connectivity index (χ4n) is 1.45. The number of hydrogen-bond donors (Lipinski definition) is 1. The van der Waals surface area contributed by atoms with Crippen LogP contribution in [0.3, 0.4) is 0 Å². The van der Waals surface area contributed by atoms with Gasteiger partial charge >= 0.3 is 0 Å². The van der Waals surface area contributed by atoms with Gasteiger partial charge in [0, 0.05) is 6.20 Å². The molecule has 0 fully saturated rings. The Hall–Kier alpha value is -1.25. The molecule has 3 nitrogen and oxygen atoms in total. The van der Waals surface area contributed by atoms with Gasteiger partial charge in [-0.3, -0.25) is 0 Å². The molecule has 1 aliphatic rings. The van der Waals surface area contributed by atoms with Gasteiger partial charge in [-0.1, -0.05) is 0 Å². The summed E-state index contributed by atoms with van der Waals surface area (Å²) in [5.74, 6) is 0.738. The summed E-state index contributed by atoms with van der Waals surface area (Å²) < 4.78 is 5.59. The van der Waals surface area contributed by atoms with Crippen LogP contribution < -0.4 is 10.1 Å². The third-order valence-corrected chi connectivity index (χ3v) is 2.43. The highest BCUT2D eigenvalue weighted by molar-refractivity contribution is 5.61. The average molecular weight is 178 g/mol. The van der Waals surface area contributed by atoms with Crippen LogP contribution in [0.1, 0.15) is 18.1 Å². The Kier molecular flexibility index (Phi) is 1.87. The lowest BCUT2D eigenvalue weighted by Gasteiger charge is -2.25. The second-order valence-corrected chi connectivity index (χ2v) is 3.56. The number of anilines is 1. The molecule has 1 aliphatic heterocycles. The minimum absolute atomic E-state index is 0.210. The van der Waals surface area contributed by atoms with E-state index in [0.717, 1.165) is 18.1 Å².